The van der Waals surface area contributed by atoms with Gasteiger partial charge < -0.3 is 10.2 Å². The van der Waals surface area contributed by atoms with Crippen LogP contribution in [0, 0.1) is 6.92 Å². The molecule has 3 aromatic rings. The number of anilines is 2. The number of hydrogen-bond donors (Lipinski definition) is 1. The molecule has 148 valence electrons. The molecule has 1 aliphatic heterocycles. The number of aromatic nitrogens is 2. The molecule has 1 saturated heterocycles. The second kappa shape index (κ2) is 8.09. The molecule has 4 rings (SSSR count). The maximum absolute atomic E-state index is 12.9. The lowest BCUT2D eigenvalue weighted by Crippen LogP contribution is -2.23. The molecule has 7 heteroatoms. The van der Waals surface area contributed by atoms with E-state index in [0.29, 0.717) is 41.6 Å². The first-order valence-electron chi connectivity index (χ1n) is 9.51. The van der Waals surface area contributed by atoms with E-state index >= 15 is 0 Å². The molecule has 2 aromatic carbocycles. The van der Waals surface area contributed by atoms with Gasteiger partial charge >= 0.3 is 0 Å². The second-order valence-electron chi connectivity index (χ2n) is 7.05. The van der Waals surface area contributed by atoms with Gasteiger partial charge in [-0.25, -0.2) is 4.68 Å². The van der Waals surface area contributed by atoms with Gasteiger partial charge in [-0.05, 0) is 37.1 Å². The highest BCUT2D eigenvalue weighted by Crippen LogP contribution is 2.26. The number of aryl methyl sites for hydroxylation is 1. The topological polar surface area (TPSA) is 67.2 Å². The Morgan fingerprint density at radius 2 is 1.97 bits per heavy atom. The summed E-state index contributed by atoms with van der Waals surface area (Å²) in [5, 5.41) is 7.61. The van der Waals surface area contributed by atoms with E-state index < -0.39 is 0 Å². The molecule has 0 aliphatic carbocycles. The molecule has 0 bridgehead atoms. The number of halogens is 1. The van der Waals surface area contributed by atoms with Crippen molar-refractivity contribution >= 4 is 34.8 Å². The zero-order valence-electron chi connectivity index (χ0n) is 16.1. The normalized spacial score (nSPS) is 13.7. The van der Waals surface area contributed by atoms with E-state index in [0.717, 1.165) is 17.7 Å². The molecule has 0 saturated carbocycles. The Morgan fingerprint density at radius 3 is 2.69 bits per heavy atom. The minimum atomic E-state index is -0.322. The van der Waals surface area contributed by atoms with Crippen molar-refractivity contribution in [1.82, 2.24) is 9.78 Å². The van der Waals surface area contributed by atoms with Gasteiger partial charge in [-0.2, -0.15) is 5.10 Å². The number of carbonyl (C=O) groups excluding carboxylic acids is 2. The van der Waals surface area contributed by atoms with Crippen LogP contribution < -0.4 is 10.2 Å². The Hall–Kier alpha value is -3.12. The number of benzene rings is 2. The third-order valence-corrected chi connectivity index (χ3v) is 5.34. The number of hydrogen-bond acceptors (Lipinski definition) is 3. The van der Waals surface area contributed by atoms with Crippen LogP contribution in [0.3, 0.4) is 0 Å². The summed E-state index contributed by atoms with van der Waals surface area (Å²) in [7, 11) is 0. The zero-order valence-corrected chi connectivity index (χ0v) is 16.8. The van der Waals surface area contributed by atoms with Crippen LogP contribution in [0.1, 0.15) is 34.5 Å². The molecule has 0 spiro atoms. The molecule has 1 aliphatic rings. The van der Waals surface area contributed by atoms with Crippen LogP contribution in [-0.2, 0) is 11.3 Å². The first kappa shape index (κ1) is 19.2. The standard InChI is InChI=1S/C22H21ClN4O2/c1-15-20(21(23)27(25-15)14-16-7-3-2-4-8-16)22(29)24-17-9-5-10-18(13-17)26-12-6-11-19(26)28/h2-5,7-10,13H,6,11-12,14H2,1H3,(H,24,29). The fourth-order valence-electron chi connectivity index (χ4n) is 3.54. The first-order chi connectivity index (χ1) is 14.0. The summed E-state index contributed by atoms with van der Waals surface area (Å²) in [5.74, 6) is -0.216. The quantitative estimate of drug-likeness (QED) is 0.685. The summed E-state index contributed by atoms with van der Waals surface area (Å²) in [6.45, 7) is 2.95. The van der Waals surface area contributed by atoms with Crippen LogP contribution in [0.2, 0.25) is 5.15 Å². The van der Waals surface area contributed by atoms with Crippen LogP contribution in [0.15, 0.2) is 54.6 Å². The summed E-state index contributed by atoms with van der Waals surface area (Å²) >= 11 is 6.48. The molecule has 29 heavy (non-hydrogen) atoms. The van der Waals surface area contributed by atoms with Gasteiger partial charge in [-0.1, -0.05) is 48.0 Å². The maximum atomic E-state index is 12.9. The average molecular weight is 409 g/mol. The Morgan fingerprint density at radius 1 is 1.17 bits per heavy atom. The smallest absolute Gasteiger partial charge is 0.260 e. The lowest BCUT2D eigenvalue weighted by atomic mass is 10.2. The molecule has 0 radical (unpaired) electrons. The Bertz CT molecular complexity index is 1060. The van der Waals surface area contributed by atoms with Crippen LogP contribution >= 0.6 is 11.6 Å². The minimum Gasteiger partial charge on any atom is -0.322 e. The predicted octanol–water partition coefficient (Wildman–Crippen LogP) is 4.27. The highest BCUT2D eigenvalue weighted by molar-refractivity contribution is 6.33. The third-order valence-electron chi connectivity index (χ3n) is 4.96. The van der Waals surface area contributed by atoms with Crippen molar-refractivity contribution in [2.45, 2.75) is 26.3 Å². The van der Waals surface area contributed by atoms with E-state index in [9.17, 15) is 9.59 Å². The molecular weight excluding hydrogens is 388 g/mol. The molecule has 2 amide bonds. The maximum Gasteiger partial charge on any atom is 0.260 e. The summed E-state index contributed by atoms with van der Waals surface area (Å²) in [6, 6.07) is 17.1. The van der Waals surface area contributed by atoms with Crippen LogP contribution in [0.5, 0.6) is 0 Å². The fourth-order valence-corrected chi connectivity index (χ4v) is 3.86. The largest absolute Gasteiger partial charge is 0.322 e. The predicted molar refractivity (Wildman–Crippen MR) is 114 cm³/mol. The molecule has 1 N–H and O–H groups in total. The SMILES string of the molecule is Cc1nn(Cc2ccccc2)c(Cl)c1C(=O)Nc1cccc(N2CCCC2=O)c1. The van der Waals surface area contributed by atoms with Crippen LogP contribution in [0.4, 0.5) is 11.4 Å². The lowest BCUT2D eigenvalue weighted by molar-refractivity contribution is -0.117. The molecule has 0 atom stereocenters. The highest BCUT2D eigenvalue weighted by atomic mass is 35.5. The zero-order chi connectivity index (χ0) is 20.4. The molecule has 2 heterocycles. The van der Waals surface area contributed by atoms with Crippen LogP contribution in [0.25, 0.3) is 0 Å². The lowest BCUT2D eigenvalue weighted by Gasteiger charge is -2.16. The Kier molecular flexibility index (Phi) is 5.36. The number of amides is 2. The van der Waals surface area contributed by atoms with E-state index in [1.165, 1.54) is 0 Å². The van der Waals surface area contributed by atoms with E-state index in [4.69, 9.17) is 11.6 Å². The number of nitrogens with one attached hydrogen (secondary N) is 1. The Balaban J connectivity index is 1.54. The van der Waals surface area contributed by atoms with E-state index in [1.54, 1.807) is 28.6 Å². The Labute approximate surface area is 174 Å². The van der Waals surface area contributed by atoms with Crippen molar-refractivity contribution in [3.8, 4) is 0 Å². The molecule has 1 fully saturated rings. The molecular formula is C22H21ClN4O2. The summed E-state index contributed by atoms with van der Waals surface area (Å²) in [4.78, 5) is 26.6. The summed E-state index contributed by atoms with van der Waals surface area (Å²) in [5.41, 5.74) is 3.36. The van der Waals surface area contributed by atoms with Crippen molar-refractivity contribution in [1.29, 1.82) is 0 Å². The van der Waals surface area contributed by atoms with Crippen molar-refractivity contribution in [2.75, 3.05) is 16.8 Å². The van der Waals surface area contributed by atoms with Crippen LogP contribution in [-0.4, -0.2) is 28.1 Å². The van der Waals surface area contributed by atoms with E-state index in [-0.39, 0.29) is 11.8 Å². The van der Waals surface area contributed by atoms with Gasteiger partial charge in [0.2, 0.25) is 5.91 Å². The average Bonchev–Trinajstić information content (AvgIpc) is 3.25. The monoisotopic (exact) mass is 408 g/mol. The fraction of sp³-hybridized carbons (Fsp3) is 0.227. The van der Waals surface area contributed by atoms with Gasteiger partial charge in [0, 0.05) is 24.3 Å². The summed E-state index contributed by atoms with van der Waals surface area (Å²) < 4.78 is 1.63. The van der Waals surface area contributed by atoms with Gasteiger partial charge in [0.25, 0.3) is 5.91 Å². The third kappa shape index (κ3) is 4.03. The van der Waals surface area contributed by atoms with E-state index in [2.05, 4.69) is 10.4 Å². The highest BCUT2D eigenvalue weighted by Gasteiger charge is 2.23. The molecule has 6 nitrogen and oxygen atoms in total. The van der Waals surface area contributed by atoms with Gasteiger partial charge in [-0.15, -0.1) is 0 Å². The molecule has 1 aromatic heterocycles. The first-order valence-corrected chi connectivity index (χ1v) is 9.89. The van der Waals surface area contributed by atoms with Gasteiger partial charge in [0.15, 0.2) is 0 Å². The number of nitrogens with zero attached hydrogens (tertiary/aromatic N) is 3. The number of carbonyl (C=O) groups is 2. The minimum absolute atomic E-state index is 0.106. The van der Waals surface area contributed by atoms with Crippen molar-refractivity contribution in [3.63, 3.8) is 0 Å². The van der Waals surface area contributed by atoms with Gasteiger partial charge in [0.1, 0.15) is 5.15 Å². The van der Waals surface area contributed by atoms with Crippen molar-refractivity contribution < 1.29 is 9.59 Å². The number of rotatable bonds is 5. The van der Waals surface area contributed by atoms with Crippen molar-refractivity contribution in [3.05, 3.63) is 76.6 Å². The molecule has 0 unspecified atom stereocenters. The second-order valence-corrected chi connectivity index (χ2v) is 7.41. The van der Waals surface area contributed by atoms with E-state index in [1.807, 2.05) is 42.5 Å². The van der Waals surface area contributed by atoms with Gasteiger partial charge in [0.05, 0.1) is 17.8 Å². The van der Waals surface area contributed by atoms with Gasteiger partial charge in [-0.3, -0.25) is 9.59 Å². The van der Waals surface area contributed by atoms with Crippen molar-refractivity contribution in [2.24, 2.45) is 0 Å². The summed E-state index contributed by atoms with van der Waals surface area (Å²) in [6.07, 6.45) is 1.41.